The number of amides is 1. The lowest BCUT2D eigenvalue weighted by Crippen LogP contribution is -2.38. The van der Waals surface area contributed by atoms with Crippen molar-refractivity contribution in [3.05, 3.63) is 23.8 Å². The fourth-order valence-electron chi connectivity index (χ4n) is 1.42. The van der Waals surface area contributed by atoms with E-state index in [2.05, 4.69) is 5.32 Å². The lowest BCUT2D eigenvalue weighted by Gasteiger charge is -2.12. The van der Waals surface area contributed by atoms with Gasteiger partial charge in [0.1, 0.15) is 11.5 Å². The van der Waals surface area contributed by atoms with Crippen LogP contribution < -0.4 is 15.8 Å². The maximum absolute atomic E-state index is 11.5. The SMILES string of the molecule is Cc1c(O)cccc1OCCC(=O)NC(C)CN. The number of rotatable bonds is 6. The van der Waals surface area contributed by atoms with Gasteiger partial charge in [0.15, 0.2) is 0 Å². The minimum absolute atomic E-state index is 0.0278. The van der Waals surface area contributed by atoms with E-state index in [1.807, 2.05) is 6.92 Å². The van der Waals surface area contributed by atoms with E-state index in [0.29, 0.717) is 17.9 Å². The molecule has 1 unspecified atom stereocenters. The number of aromatic hydroxyl groups is 1. The smallest absolute Gasteiger partial charge is 0.223 e. The Kier molecular flexibility index (Phi) is 5.45. The molecule has 1 amide bonds. The highest BCUT2D eigenvalue weighted by Gasteiger charge is 2.07. The first kappa shape index (κ1) is 14.3. The van der Waals surface area contributed by atoms with E-state index in [0.717, 1.165) is 0 Å². The molecule has 1 aromatic rings. The van der Waals surface area contributed by atoms with Gasteiger partial charge >= 0.3 is 0 Å². The van der Waals surface area contributed by atoms with Crippen LogP contribution in [0.5, 0.6) is 11.5 Å². The Balaban J connectivity index is 2.38. The van der Waals surface area contributed by atoms with Crippen molar-refractivity contribution in [1.82, 2.24) is 5.32 Å². The molecule has 0 aromatic heterocycles. The summed E-state index contributed by atoms with van der Waals surface area (Å²) >= 11 is 0. The number of phenols is 1. The summed E-state index contributed by atoms with van der Waals surface area (Å²) < 4.78 is 5.45. The molecule has 0 aliphatic rings. The number of hydrogen-bond donors (Lipinski definition) is 3. The van der Waals surface area contributed by atoms with Crippen molar-refractivity contribution in [2.45, 2.75) is 26.3 Å². The first-order chi connectivity index (χ1) is 8.54. The molecule has 0 heterocycles. The topological polar surface area (TPSA) is 84.6 Å². The molecule has 0 radical (unpaired) electrons. The zero-order chi connectivity index (χ0) is 13.5. The molecule has 1 aromatic carbocycles. The number of carbonyl (C=O) groups excluding carboxylic acids is 1. The number of ether oxygens (including phenoxy) is 1. The minimum atomic E-state index is -0.0919. The Labute approximate surface area is 107 Å². The third-order valence-electron chi connectivity index (χ3n) is 2.60. The number of benzene rings is 1. The number of nitrogens with two attached hydrogens (primary N) is 1. The van der Waals surface area contributed by atoms with E-state index in [-0.39, 0.29) is 30.7 Å². The van der Waals surface area contributed by atoms with Crippen molar-refractivity contribution in [2.24, 2.45) is 5.73 Å². The number of nitrogens with one attached hydrogen (secondary N) is 1. The molecule has 100 valence electrons. The van der Waals surface area contributed by atoms with E-state index in [1.54, 1.807) is 25.1 Å². The third kappa shape index (κ3) is 4.25. The number of carbonyl (C=O) groups is 1. The standard InChI is InChI=1S/C13H20N2O3/c1-9(8-14)15-13(17)6-7-18-12-5-3-4-11(16)10(12)2/h3-5,9,16H,6-8,14H2,1-2H3,(H,15,17). The van der Waals surface area contributed by atoms with Crippen LogP contribution in [0, 0.1) is 6.92 Å². The van der Waals surface area contributed by atoms with E-state index in [9.17, 15) is 9.90 Å². The molecule has 18 heavy (non-hydrogen) atoms. The van der Waals surface area contributed by atoms with Gasteiger partial charge in [0.2, 0.25) is 5.91 Å². The van der Waals surface area contributed by atoms with E-state index >= 15 is 0 Å². The summed E-state index contributed by atoms with van der Waals surface area (Å²) in [4.78, 5) is 11.5. The van der Waals surface area contributed by atoms with Gasteiger partial charge in [0.05, 0.1) is 13.0 Å². The Morgan fingerprint density at radius 2 is 2.28 bits per heavy atom. The lowest BCUT2D eigenvalue weighted by molar-refractivity contribution is -0.122. The Bertz CT molecular complexity index is 407. The Hall–Kier alpha value is -1.75. The second-order valence-electron chi connectivity index (χ2n) is 4.20. The molecular formula is C13H20N2O3. The maximum Gasteiger partial charge on any atom is 0.223 e. The fraction of sp³-hybridized carbons (Fsp3) is 0.462. The van der Waals surface area contributed by atoms with Crippen LogP contribution in [0.1, 0.15) is 18.9 Å². The second kappa shape index (κ2) is 6.86. The molecule has 1 rings (SSSR count). The largest absolute Gasteiger partial charge is 0.508 e. The molecule has 0 saturated carbocycles. The van der Waals surface area contributed by atoms with Crippen LogP contribution in [0.2, 0.25) is 0 Å². The number of phenolic OH excluding ortho intramolecular Hbond substituents is 1. The molecule has 0 fully saturated rings. The predicted octanol–water partition coefficient (Wildman–Crippen LogP) is 0.933. The summed E-state index contributed by atoms with van der Waals surface area (Å²) in [6.45, 7) is 4.30. The predicted molar refractivity (Wildman–Crippen MR) is 69.6 cm³/mol. The zero-order valence-corrected chi connectivity index (χ0v) is 10.8. The van der Waals surface area contributed by atoms with Crippen molar-refractivity contribution in [3.8, 4) is 11.5 Å². The average molecular weight is 252 g/mol. The number of hydrogen-bond acceptors (Lipinski definition) is 4. The normalized spacial score (nSPS) is 11.9. The van der Waals surface area contributed by atoms with Gasteiger partial charge in [-0.25, -0.2) is 0 Å². The minimum Gasteiger partial charge on any atom is -0.508 e. The van der Waals surface area contributed by atoms with Crippen LogP contribution in [0.4, 0.5) is 0 Å². The molecule has 5 nitrogen and oxygen atoms in total. The van der Waals surface area contributed by atoms with Gasteiger partial charge in [-0.2, -0.15) is 0 Å². The zero-order valence-electron chi connectivity index (χ0n) is 10.8. The molecule has 0 aliphatic heterocycles. The monoisotopic (exact) mass is 252 g/mol. The van der Waals surface area contributed by atoms with Crippen molar-refractivity contribution in [1.29, 1.82) is 0 Å². The lowest BCUT2D eigenvalue weighted by atomic mass is 10.2. The molecule has 0 bridgehead atoms. The van der Waals surface area contributed by atoms with Crippen LogP contribution >= 0.6 is 0 Å². The van der Waals surface area contributed by atoms with Gasteiger partial charge in [-0.1, -0.05) is 6.07 Å². The van der Waals surface area contributed by atoms with Gasteiger partial charge in [0.25, 0.3) is 0 Å². The average Bonchev–Trinajstić information content (AvgIpc) is 2.34. The van der Waals surface area contributed by atoms with Gasteiger partial charge < -0.3 is 20.9 Å². The van der Waals surface area contributed by atoms with Crippen molar-refractivity contribution in [2.75, 3.05) is 13.2 Å². The molecular weight excluding hydrogens is 232 g/mol. The van der Waals surface area contributed by atoms with Crippen LogP contribution in [0.15, 0.2) is 18.2 Å². The summed E-state index contributed by atoms with van der Waals surface area (Å²) in [5, 5.41) is 12.2. The molecule has 4 N–H and O–H groups in total. The first-order valence-electron chi connectivity index (χ1n) is 5.95. The van der Waals surface area contributed by atoms with Gasteiger partial charge in [-0.05, 0) is 26.0 Å². The van der Waals surface area contributed by atoms with E-state index < -0.39 is 0 Å². The van der Waals surface area contributed by atoms with E-state index in [1.165, 1.54) is 0 Å². The van der Waals surface area contributed by atoms with Gasteiger partial charge in [-0.15, -0.1) is 0 Å². The van der Waals surface area contributed by atoms with Gasteiger partial charge in [0, 0.05) is 18.2 Å². The van der Waals surface area contributed by atoms with Gasteiger partial charge in [-0.3, -0.25) is 4.79 Å². The Morgan fingerprint density at radius 3 is 2.94 bits per heavy atom. The highest BCUT2D eigenvalue weighted by Crippen LogP contribution is 2.25. The third-order valence-corrected chi connectivity index (χ3v) is 2.60. The van der Waals surface area contributed by atoms with Crippen LogP contribution in [-0.4, -0.2) is 30.2 Å². The fourth-order valence-corrected chi connectivity index (χ4v) is 1.42. The van der Waals surface area contributed by atoms with Crippen LogP contribution in [0.25, 0.3) is 0 Å². The summed E-state index contributed by atoms with van der Waals surface area (Å²) in [6.07, 6.45) is 0.263. The Morgan fingerprint density at radius 1 is 1.56 bits per heavy atom. The molecule has 5 heteroatoms. The van der Waals surface area contributed by atoms with E-state index in [4.69, 9.17) is 10.5 Å². The summed E-state index contributed by atoms with van der Waals surface area (Å²) in [5.74, 6) is 0.689. The summed E-state index contributed by atoms with van der Waals surface area (Å²) in [5.41, 5.74) is 6.08. The van der Waals surface area contributed by atoms with Crippen LogP contribution in [0.3, 0.4) is 0 Å². The molecule has 0 spiro atoms. The highest BCUT2D eigenvalue weighted by atomic mass is 16.5. The second-order valence-corrected chi connectivity index (χ2v) is 4.20. The van der Waals surface area contributed by atoms with Crippen molar-refractivity contribution < 1.29 is 14.6 Å². The molecule has 1 atom stereocenters. The summed E-state index contributed by atoms with van der Waals surface area (Å²) in [7, 11) is 0. The molecule has 0 aliphatic carbocycles. The quantitative estimate of drug-likeness (QED) is 0.703. The van der Waals surface area contributed by atoms with Crippen LogP contribution in [-0.2, 0) is 4.79 Å². The highest BCUT2D eigenvalue weighted by molar-refractivity contribution is 5.76. The maximum atomic E-state index is 11.5. The van der Waals surface area contributed by atoms with Crippen molar-refractivity contribution in [3.63, 3.8) is 0 Å². The molecule has 0 saturated heterocycles. The summed E-state index contributed by atoms with van der Waals surface area (Å²) in [6, 6.07) is 5.03. The van der Waals surface area contributed by atoms with Crippen molar-refractivity contribution >= 4 is 5.91 Å². The first-order valence-corrected chi connectivity index (χ1v) is 5.95.